The molecule has 1 fully saturated rings. The number of furan rings is 1. The fourth-order valence-electron chi connectivity index (χ4n) is 5.01. The zero-order valence-electron chi connectivity index (χ0n) is 24.6. The van der Waals surface area contributed by atoms with E-state index < -0.39 is 11.8 Å². The molecule has 0 spiro atoms. The summed E-state index contributed by atoms with van der Waals surface area (Å²) in [4.78, 5) is 37.9. The Morgan fingerprint density at radius 1 is 0.886 bits per heavy atom. The number of halogens is 1. The highest BCUT2D eigenvalue weighted by molar-refractivity contribution is 6.01. The molecule has 0 radical (unpaired) electrons. The van der Waals surface area contributed by atoms with E-state index in [2.05, 4.69) is 15.5 Å². The standard InChI is InChI=1S/C33H31FN6O4/c1-20-4-13-29(44-20)22-7-11-26-28(18-22)37-30(38-31(26)40-14-16-43-17-15-40)25-12-10-24(19-27(25)34)36-33(42)35-23-8-5-21(6-9-23)32(41)39(2)3/h4-13,18-19H,14-17H2,1-3H3,(H2,35,36,42). The number of fused-ring (bicyclic) bond motifs is 1. The smallest absolute Gasteiger partial charge is 0.323 e. The van der Waals surface area contributed by atoms with Crippen LogP contribution < -0.4 is 15.5 Å². The maximum Gasteiger partial charge on any atom is 0.323 e. The molecule has 5 aromatic rings. The fourth-order valence-corrected chi connectivity index (χ4v) is 5.01. The van der Waals surface area contributed by atoms with Gasteiger partial charge < -0.3 is 29.6 Å². The van der Waals surface area contributed by atoms with Crippen LogP contribution in [-0.4, -0.2) is 67.2 Å². The van der Waals surface area contributed by atoms with Crippen LogP contribution in [0.15, 0.2) is 77.2 Å². The molecule has 0 unspecified atom stereocenters. The molecular weight excluding hydrogens is 563 g/mol. The predicted octanol–water partition coefficient (Wildman–Crippen LogP) is 6.19. The molecule has 11 heteroatoms. The molecule has 0 atom stereocenters. The molecule has 3 heterocycles. The first-order valence-corrected chi connectivity index (χ1v) is 14.2. The number of benzene rings is 3. The van der Waals surface area contributed by atoms with E-state index in [1.165, 1.54) is 11.0 Å². The van der Waals surface area contributed by atoms with Crippen LogP contribution in [0.2, 0.25) is 0 Å². The summed E-state index contributed by atoms with van der Waals surface area (Å²) in [5.41, 5.74) is 2.95. The summed E-state index contributed by atoms with van der Waals surface area (Å²) < 4.78 is 26.9. The zero-order chi connectivity index (χ0) is 30.8. The molecule has 0 saturated carbocycles. The Balaban J connectivity index is 1.26. The fraction of sp³-hybridized carbons (Fsp3) is 0.212. The number of carbonyl (C=O) groups is 2. The van der Waals surface area contributed by atoms with E-state index in [1.807, 2.05) is 37.3 Å². The number of amides is 3. The van der Waals surface area contributed by atoms with Crippen LogP contribution in [0.1, 0.15) is 16.1 Å². The van der Waals surface area contributed by atoms with Gasteiger partial charge in [-0.15, -0.1) is 0 Å². The third-order valence-corrected chi connectivity index (χ3v) is 7.28. The van der Waals surface area contributed by atoms with Gasteiger partial charge in [-0.1, -0.05) is 6.07 Å². The van der Waals surface area contributed by atoms with Crippen molar-refractivity contribution in [2.24, 2.45) is 0 Å². The number of hydrogen-bond acceptors (Lipinski definition) is 7. The van der Waals surface area contributed by atoms with Crippen LogP contribution in [0.3, 0.4) is 0 Å². The number of hydrogen-bond donors (Lipinski definition) is 2. The number of nitrogens with zero attached hydrogens (tertiary/aromatic N) is 4. The first-order chi connectivity index (χ1) is 21.2. The van der Waals surface area contributed by atoms with E-state index in [1.54, 1.807) is 50.5 Å². The van der Waals surface area contributed by atoms with E-state index in [-0.39, 0.29) is 23.0 Å². The van der Waals surface area contributed by atoms with Gasteiger partial charge in [0, 0.05) is 55.1 Å². The number of aromatic nitrogens is 2. The largest absolute Gasteiger partial charge is 0.461 e. The molecule has 0 bridgehead atoms. The summed E-state index contributed by atoms with van der Waals surface area (Å²) in [6, 6.07) is 20.0. The quantitative estimate of drug-likeness (QED) is 0.241. The summed E-state index contributed by atoms with van der Waals surface area (Å²) in [5, 5.41) is 6.18. The van der Waals surface area contributed by atoms with Gasteiger partial charge in [-0.2, -0.15) is 0 Å². The van der Waals surface area contributed by atoms with Crippen molar-refractivity contribution in [3.05, 3.63) is 89.9 Å². The minimum absolute atomic E-state index is 0.142. The summed E-state index contributed by atoms with van der Waals surface area (Å²) in [6.07, 6.45) is 0. The molecule has 1 saturated heterocycles. The lowest BCUT2D eigenvalue weighted by Crippen LogP contribution is -2.37. The number of anilines is 3. The molecule has 1 aliphatic heterocycles. The van der Waals surface area contributed by atoms with E-state index in [0.29, 0.717) is 48.9 Å². The number of aryl methyl sites for hydroxylation is 1. The van der Waals surface area contributed by atoms with Crippen molar-refractivity contribution in [3.8, 4) is 22.7 Å². The Labute approximate surface area is 253 Å². The van der Waals surface area contributed by atoms with Crippen LogP contribution in [0, 0.1) is 12.7 Å². The molecule has 44 heavy (non-hydrogen) atoms. The number of morpholine rings is 1. The molecule has 10 nitrogen and oxygen atoms in total. The maximum absolute atomic E-state index is 15.6. The first kappa shape index (κ1) is 28.8. The second-order valence-electron chi connectivity index (χ2n) is 10.7. The first-order valence-electron chi connectivity index (χ1n) is 14.2. The Morgan fingerprint density at radius 2 is 1.61 bits per heavy atom. The predicted molar refractivity (Wildman–Crippen MR) is 168 cm³/mol. The number of ether oxygens (including phenoxy) is 1. The highest BCUT2D eigenvalue weighted by Crippen LogP contribution is 2.33. The van der Waals surface area contributed by atoms with E-state index >= 15 is 4.39 Å². The lowest BCUT2D eigenvalue weighted by Gasteiger charge is -2.29. The van der Waals surface area contributed by atoms with Gasteiger partial charge in [0.2, 0.25) is 0 Å². The Hall–Kier alpha value is -5.29. The number of urea groups is 1. The average molecular weight is 595 g/mol. The van der Waals surface area contributed by atoms with Crippen LogP contribution in [0.5, 0.6) is 0 Å². The van der Waals surface area contributed by atoms with Gasteiger partial charge in [0.25, 0.3) is 5.91 Å². The molecule has 224 valence electrons. The molecule has 3 aromatic carbocycles. The number of carbonyl (C=O) groups excluding carboxylic acids is 2. The van der Waals surface area contributed by atoms with Crippen LogP contribution in [0.25, 0.3) is 33.6 Å². The third kappa shape index (κ3) is 6.09. The minimum atomic E-state index is -0.584. The number of nitrogens with one attached hydrogen (secondary N) is 2. The van der Waals surface area contributed by atoms with Crippen molar-refractivity contribution < 1.29 is 23.1 Å². The maximum atomic E-state index is 15.6. The van der Waals surface area contributed by atoms with Crippen LogP contribution in [-0.2, 0) is 4.74 Å². The van der Waals surface area contributed by atoms with Crippen molar-refractivity contribution in [2.75, 3.05) is 55.9 Å². The Bertz CT molecular complexity index is 1850. The van der Waals surface area contributed by atoms with E-state index in [9.17, 15) is 9.59 Å². The summed E-state index contributed by atoms with van der Waals surface area (Å²) in [7, 11) is 3.33. The molecule has 2 N–H and O–H groups in total. The summed E-state index contributed by atoms with van der Waals surface area (Å²) in [6.45, 7) is 4.33. The average Bonchev–Trinajstić information content (AvgIpc) is 3.47. The van der Waals surface area contributed by atoms with Gasteiger partial charge >= 0.3 is 6.03 Å². The Kier molecular flexibility index (Phi) is 7.95. The molecule has 1 aliphatic rings. The van der Waals surface area contributed by atoms with Crippen molar-refractivity contribution in [1.82, 2.24) is 14.9 Å². The van der Waals surface area contributed by atoms with Gasteiger partial charge in [0.1, 0.15) is 23.2 Å². The normalized spacial score (nSPS) is 13.1. The molecule has 2 aromatic heterocycles. The summed E-state index contributed by atoms with van der Waals surface area (Å²) >= 11 is 0. The van der Waals surface area contributed by atoms with Crippen molar-refractivity contribution in [1.29, 1.82) is 0 Å². The lowest BCUT2D eigenvalue weighted by molar-refractivity contribution is 0.0827. The highest BCUT2D eigenvalue weighted by atomic mass is 19.1. The number of rotatable bonds is 6. The van der Waals surface area contributed by atoms with Crippen molar-refractivity contribution >= 4 is 40.0 Å². The Morgan fingerprint density at radius 3 is 2.30 bits per heavy atom. The zero-order valence-corrected chi connectivity index (χ0v) is 24.6. The SMILES string of the molecule is Cc1ccc(-c2ccc3c(N4CCOCC4)nc(-c4ccc(NC(=O)Nc5ccc(C(=O)N(C)C)cc5)cc4F)nc3c2)o1. The van der Waals surface area contributed by atoms with Gasteiger partial charge in [0.15, 0.2) is 5.82 Å². The van der Waals surface area contributed by atoms with Gasteiger partial charge in [-0.05, 0) is 73.7 Å². The highest BCUT2D eigenvalue weighted by Gasteiger charge is 2.20. The van der Waals surface area contributed by atoms with E-state index in [0.717, 1.165) is 22.5 Å². The van der Waals surface area contributed by atoms with Gasteiger partial charge in [0.05, 0.1) is 24.3 Å². The van der Waals surface area contributed by atoms with Gasteiger partial charge in [-0.25, -0.2) is 19.2 Å². The van der Waals surface area contributed by atoms with Crippen molar-refractivity contribution in [3.63, 3.8) is 0 Å². The van der Waals surface area contributed by atoms with Crippen LogP contribution in [0.4, 0.5) is 26.4 Å². The molecule has 6 rings (SSSR count). The topological polar surface area (TPSA) is 113 Å². The lowest BCUT2D eigenvalue weighted by atomic mass is 10.1. The van der Waals surface area contributed by atoms with Crippen LogP contribution >= 0.6 is 0 Å². The van der Waals surface area contributed by atoms with Crippen molar-refractivity contribution in [2.45, 2.75) is 6.92 Å². The second kappa shape index (κ2) is 12.1. The minimum Gasteiger partial charge on any atom is -0.461 e. The van der Waals surface area contributed by atoms with E-state index in [4.69, 9.17) is 19.1 Å². The molecule has 3 amide bonds. The third-order valence-electron chi connectivity index (χ3n) is 7.28. The molecular formula is C33H31FN6O4. The summed E-state index contributed by atoms with van der Waals surface area (Å²) in [5.74, 6) is 1.73. The van der Waals surface area contributed by atoms with Gasteiger partial charge in [-0.3, -0.25) is 4.79 Å². The monoisotopic (exact) mass is 594 g/mol. The molecule has 0 aliphatic carbocycles. The second-order valence-corrected chi connectivity index (χ2v) is 10.7.